The van der Waals surface area contributed by atoms with Gasteiger partial charge in [0.05, 0.1) is 7.11 Å². The summed E-state index contributed by atoms with van der Waals surface area (Å²) in [4.78, 5) is 4.04. The summed E-state index contributed by atoms with van der Waals surface area (Å²) in [5, 5.41) is 11.3. The molecule has 2 aromatic rings. The number of aliphatic hydroxyl groups excluding tert-OH is 1. The van der Waals surface area contributed by atoms with Gasteiger partial charge in [-0.25, -0.2) is 4.98 Å². The summed E-state index contributed by atoms with van der Waals surface area (Å²) in [5.41, 5.74) is 1.12. The Balaban J connectivity index is 2.44. The van der Waals surface area contributed by atoms with Crippen LogP contribution in [0.3, 0.4) is 0 Å². The van der Waals surface area contributed by atoms with Gasteiger partial charge in [0.25, 0.3) is 0 Å². The highest BCUT2D eigenvalue weighted by Gasteiger charge is 2.18. The van der Waals surface area contributed by atoms with Crippen molar-refractivity contribution in [2.24, 2.45) is 0 Å². The maximum Gasteiger partial charge on any atom is 0.219 e. The molecule has 1 aromatic carbocycles. The van der Waals surface area contributed by atoms with Gasteiger partial charge in [0, 0.05) is 27.4 Å². The summed E-state index contributed by atoms with van der Waals surface area (Å²) < 4.78 is 5.11. The van der Waals surface area contributed by atoms with E-state index in [9.17, 15) is 5.11 Å². The first-order valence-corrected chi connectivity index (χ1v) is 6.01. The van der Waals surface area contributed by atoms with Gasteiger partial charge in [0.15, 0.2) is 0 Å². The summed E-state index contributed by atoms with van der Waals surface area (Å²) in [6, 6.07) is 8.41. The summed E-state index contributed by atoms with van der Waals surface area (Å²) in [6.07, 6.45) is 0.692. The molecule has 0 spiro atoms. The van der Waals surface area contributed by atoms with Crippen LogP contribution in [0.1, 0.15) is 17.2 Å². The zero-order valence-corrected chi connectivity index (χ0v) is 11.1. The predicted octanol–water partition coefficient (Wildman–Crippen LogP) is 3.48. The van der Waals surface area contributed by atoms with Crippen LogP contribution in [0, 0.1) is 0 Å². The third-order valence-electron chi connectivity index (χ3n) is 2.55. The van der Waals surface area contributed by atoms with Crippen molar-refractivity contribution < 1.29 is 9.84 Å². The molecule has 3 nitrogen and oxygen atoms in total. The van der Waals surface area contributed by atoms with Crippen molar-refractivity contribution in [2.45, 2.75) is 6.10 Å². The lowest BCUT2D eigenvalue weighted by Crippen LogP contribution is -2.04. The van der Waals surface area contributed by atoms with Crippen LogP contribution in [0.25, 0.3) is 0 Å². The number of benzene rings is 1. The molecule has 0 radical (unpaired) electrons. The number of hydrogen-bond acceptors (Lipinski definition) is 3. The van der Waals surface area contributed by atoms with Crippen molar-refractivity contribution >= 4 is 23.2 Å². The van der Waals surface area contributed by atoms with Gasteiger partial charge in [-0.1, -0.05) is 29.3 Å². The van der Waals surface area contributed by atoms with E-state index >= 15 is 0 Å². The predicted molar refractivity (Wildman–Crippen MR) is 71.3 cm³/mol. The number of rotatable bonds is 3. The number of pyridine rings is 1. The Hall–Kier alpha value is -1.29. The zero-order valence-electron chi connectivity index (χ0n) is 9.60. The second-order valence-corrected chi connectivity index (χ2v) is 4.51. The van der Waals surface area contributed by atoms with Gasteiger partial charge >= 0.3 is 0 Å². The number of nitrogens with zero attached hydrogens (tertiary/aromatic N) is 1. The molecule has 1 unspecified atom stereocenters. The zero-order chi connectivity index (χ0) is 13.1. The van der Waals surface area contributed by atoms with E-state index in [0.717, 1.165) is 0 Å². The fourth-order valence-electron chi connectivity index (χ4n) is 1.67. The van der Waals surface area contributed by atoms with E-state index in [2.05, 4.69) is 4.98 Å². The highest BCUT2D eigenvalue weighted by molar-refractivity contribution is 6.35. The van der Waals surface area contributed by atoms with Crippen molar-refractivity contribution in [3.05, 3.63) is 57.7 Å². The Kier molecular flexibility index (Phi) is 4.07. The van der Waals surface area contributed by atoms with Gasteiger partial charge in [-0.15, -0.1) is 0 Å². The average Bonchev–Trinajstić information content (AvgIpc) is 2.38. The highest BCUT2D eigenvalue weighted by atomic mass is 35.5. The van der Waals surface area contributed by atoms with Crippen LogP contribution in [0.15, 0.2) is 36.5 Å². The normalized spacial score (nSPS) is 12.2. The molecule has 1 aromatic heterocycles. The first kappa shape index (κ1) is 13.1. The Morgan fingerprint density at radius 2 is 2.00 bits per heavy atom. The minimum Gasteiger partial charge on any atom is -0.481 e. The molecular formula is C13H11Cl2NO2. The topological polar surface area (TPSA) is 42.4 Å². The summed E-state index contributed by atoms with van der Waals surface area (Å²) in [6.45, 7) is 0. The van der Waals surface area contributed by atoms with E-state index in [1.807, 2.05) is 0 Å². The van der Waals surface area contributed by atoms with E-state index in [4.69, 9.17) is 27.9 Å². The van der Waals surface area contributed by atoms with Gasteiger partial charge in [0.1, 0.15) is 6.10 Å². The van der Waals surface area contributed by atoms with Gasteiger partial charge in [0.2, 0.25) is 5.88 Å². The average molecular weight is 284 g/mol. The van der Waals surface area contributed by atoms with Crippen molar-refractivity contribution in [3.8, 4) is 5.88 Å². The summed E-state index contributed by atoms with van der Waals surface area (Å²) in [5.74, 6) is 0.371. The molecule has 0 saturated heterocycles. The van der Waals surface area contributed by atoms with Gasteiger partial charge in [-0.05, 0) is 24.3 Å². The smallest absolute Gasteiger partial charge is 0.219 e. The Morgan fingerprint density at radius 3 is 2.67 bits per heavy atom. The molecule has 94 valence electrons. The van der Waals surface area contributed by atoms with Gasteiger partial charge in [-0.2, -0.15) is 0 Å². The minimum atomic E-state index is -0.904. The van der Waals surface area contributed by atoms with Crippen molar-refractivity contribution in [3.63, 3.8) is 0 Å². The number of methoxy groups -OCH3 is 1. The highest BCUT2D eigenvalue weighted by Crippen LogP contribution is 2.33. The molecule has 1 atom stereocenters. The standard InChI is InChI=1S/C13H11Cl2NO2/c1-18-13-10(3-2-6-16-13)12(17)9-5-4-8(14)7-11(9)15/h2-7,12,17H,1H3. The fraction of sp³-hybridized carbons (Fsp3) is 0.154. The quantitative estimate of drug-likeness (QED) is 0.938. The Labute approximate surface area is 115 Å². The largest absolute Gasteiger partial charge is 0.481 e. The van der Waals surface area contributed by atoms with Crippen LogP contribution in [0.5, 0.6) is 5.88 Å². The third kappa shape index (κ3) is 2.58. The SMILES string of the molecule is COc1ncccc1C(O)c1ccc(Cl)cc1Cl. The first-order valence-electron chi connectivity index (χ1n) is 5.25. The van der Waals surface area contributed by atoms with E-state index in [0.29, 0.717) is 27.1 Å². The molecule has 5 heteroatoms. The lowest BCUT2D eigenvalue weighted by Gasteiger charge is -2.15. The molecule has 0 saturated carbocycles. The maximum absolute atomic E-state index is 10.3. The molecule has 0 fully saturated rings. The Morgan fingerprint density at radius 1 is 1.22 bits per heavy atom. The summed E-state index contributed by atoms with van der Waals surface area (Å²) in [7, 11) is 1.50. The monoisotopic (exact) mass is 283 g/mol. The van der Waals surface area contributed by atoms with Crippen molar-refractivity contribution in [2.75, 3.05) is 7.11 Å². The number of aliphatic hydroxyl groups is 1. The number of ether oxygens (including phenoxy) is 1. The minimum absolute atomic E-state index is 0.371. The van der Waals surface area contributed by atoms with Crippen molar-refractivity contribution in [1.82, 2.24) is 4.98 Å². The number of halogens is 2. The molecular weight excluding hydrogens is 273 g/mol. The number of aromatic nitrogens is 1. The van der Waals surface area contributed by atoms with E-state index in [1.54, 1.807) is 36.5 Å². The molecule has 0 aliphatic rings. The molecule has 18 heavy (non-hydrogen) atoms. The lowest BCUT2D eigenvalue weighted by molar-refractivity contribution is 0.213. The van der Waals surface area contributed by atoms with E-state index in [1.165, 1.54) is 7.11 Å². The van der Waals surface area contributed by atoms with E-state index < -0.39 is 6.10 Å². The van der Waals surface area contributed by atoms with Gasteiger partial charge in [-0.3, -0.25) is 0 Å². The molecule has 1 N–H and O–H groups in total. The first-order chi connectivity index (χ1) is 8.63. The molecule has 2 rings (SSSR count). The van der Waals surface area contributed by atoms with Crippen LogP contribution in [0.2, 0.25) is 10.0 Å². The number of hydrogen-bond donors (Lipinski definition) is 1. The molecule has 0 aliphatic heterocycles. The van der Waals surface area contributed by atoms with Crippen LogP contribution >= 0.6 is 23.2 Å². The van der Waals surface area contributed by atoms with Gasteiger partial charge < -0.3 is 9.84 Å². The lowest BCUT2D eigenvalue weighted by atomic mass is 10.0. The maximum atomic E-state index is 10.3. The molecule has 0 amide bonds. The molecule has 1 heterocycles. The van der Waals surface area contributed by atoms with Crippen LogP contribution in [-0.2, 0) is 0 Å². The molecule has 0 bridgehead atoms. The van der Waals surface area contributed by atoms with Crippen molar-refractivity contribution in [1.29, 1.82) is 0 Å². The summed E-state index contributed by atoms with van der Waals surface area (Å²) >= 11 is 11.9. The van der Waals surface area contributed by atoms with Crippen LogP contribution in [-0.4, -0.2) is 17.2 Å². The second kappa shape index (κ2) is 5.57. The van der Waals surface area contributed by atoms with E-state index in [-0.39, 0.29) is 0 Å². The van der Waals surface area contributed by atoms with Crippen LogP contribution < -0.4 is 4.74 Å². The fourth-order valence-corrected chi connectivity index (χ4v) is 2.18. The third-order valence-corrected chi connectivity index (χ3v) is 3.11. The second-order valence-electron chi connectivity index (χ2n) is 3.67. The molecule has 0 aliphatic carbocycles. The Bertz CT molecular complexity index is 560. The van der Waals surface area contributed by atoms with Crippen LogP contribution in [0.4, 0.5) is 0 Å².